The zero-order valence-electron chi connectivity index (χ0n) is 16.5. The molecule has 0 radical (unpaired) electrons. The lowest BCUT2D eigenvalue weighted by Gasteiger charge is -2.13. The Morgan fingerprint density at radius 1 is 1.00 bits per heavy atom. The van der Waals surface area contributed by atoms with Crippen molar-refractivity contribution in [3.63, 3.8) is 0 Å². The first-order valence-corrected chi connectivity index (χ1v) is 9.15. The van der Waals surface area contributed by atoms with Gasteiger partial charge in [0.2, 0.25) is 0 Å². The summed E-state index contributed by atoms with van der Waals surface area (Å²) in [6.45, 7) is 3.96. The summed E-state index contributed by atoms with van der Waals surface area (Å²) in [7, 11) is 1.56. The van der Waals surface area contributed by atoms with Crippen molar-refractivity contribution in [1.29, 1.82) is 0 Å². The van der Waals surface area contributed by atoms with Crippen LogP contribution >= 0.6 is 0 Å². The third-order valence-electron chi connectivity index (χ3n) is 4.62. The minimum Gasteiger partial charge on any atom is -0.496 e. The van der Waals surface area contributed by atoms with Gasteiger partial charge in [0.05, 0.1) is 24.2 Å². The summed E-state index contributed by atoms with van der Waals surface area (Å²) in [5.74, 6) is 0.276. The van der Waals surface area contributed by atoms with Gasteiger partial charge in [0.25, 0.3) is 5.69 Å². The number of carbonyl (C=O) groups excluding carboxylic acids is 1. The highest BCUT2D eigenvalue weighted by Crippen LogP contribution is 2.36. The van der Waals surface area contributed by atoms with Gasteiger partial charge in [-0.1, -0.05) is 30.3 Å². The molecule has 0 aromatic heterocycles. The van der Waals surface area contributed by atoms with E-state index in [0.717, 1.165) is 22.3 Å². The zero-order valence-corrected chi connectivity index (χ0v) is 16.5. The van der Waals surface area contributed by atoms with E-state index in [1.54, 1.807) is 26.2 Å². The Morgan fingerprint density at radius 3 is 2.38 bits per heavy atom. The number of ether oxygens (including phenoxy) is 2. The molecule has 0 spiro atoms. The lowest BCUT2D eigenvalue weighted by atomic mass is 9.95. The van der Waals surface area contributed by atoms with Gasteiger partial charge in [0.1, 0.15) is 5.75 Å². The van der Waals surface area contributed by atoms with Gasteiger partial charge in [-0.2, -0.15) is 0 Å². The van der Waals surface area contributed by atoms with Crippen molar-refractivity contribution >= 4 is 11.7 Å². The van der Waals surface area contributed by atoms with Crippen LogP contribution in [0.1, 0.15) is 22.8 Å². The molecular weight excluding hydrogens is 370 g/mol. The van der Waals surface area contributed by atoms with Crippen LogP contribution in [0.4, 0.5) is 5.69 Å². The van der Waals surface area contributed by atoms with Gasteiger partial charge in [0, 0.05) is 17.7 Å². The maximum absolute atomic E-state index is 12.0. The second-order valence-corrected chi connectivity index (χ2v) is 6.47. The fraction of sp³-hybridized carbons (Fsp3) is 0.174. The number of benzene rings is 3. The molecule has 0 amide bonds. The summed E-state index contributed by atoms with van der Waals surface area (Å²) in [6, 6.07) is 17.6. The van der Waals surface area contributed by atoms with Gasteiger partial charge < -0.3 is 9.47 Å². The van der Waals surface area contributed by atoms with Crippen LogP contribution in [0.2, 0.25) is 0 Å². The smallest absolute Gasteiger partial charge is 0.338 e. The molecule has 0 saturated carbocycles. The van der Waals surface area contributed by atoms with Crippen LogP contribution in [0, 0.1) is 17.0 Å². The number of nitro benzene ring substituents is 1. The Morgan fingerprint density at radius 2 is 1.72 bits per heavy atom. The standard InChI is InChI=1S/C23H21NO5/c1-4-29-23(25)20-10-8-16(12-15(20)2)17-9-11-22(28-3)21(14-17)18-6-5-7-19(13-18)24(26)27/h5-14H,4H2,1-3H3. The lowest BCUT2D eigenvalue weighted by molar-refractivity contribution is -0.384. The molecule has 0 saturated heterocycles. The van der Waals surface area contributed by atoms with Crippen molar-refractivity contribution in [1.82, 2.24) is 0 Å². The topological polar surface area (TPSA) is 78.7 Å². The number of methoxy groups -OCH3 is 1. The highest BCUT2D eigenvalue weighted by atomic mass is 16.6. The first kappa shape index (κ1) is 20.1. The van der Waals surface area contributed by atoms with Crippen molar-refractivity contribution in [2.75, 3.05) is 13.7 Å². The number of nitrogens with zero attached hydrogens (tertiary/aromatic N) is 1. The summed E-state index contributed by atoms with van der Waals surface area (Å²) in [5, 5.41) is 11.1. The first-order chi connectivity index (χ1) is 13.9. The molecule has 3 aromatic rings. The van der Waals surface area contributed by atoms with Gasteiger partial charge in [-0.15, -0.1) is 0 Å². The lowest BCUT2D eigenvalue weighted by Crippen LogP contribution is -2.06. The van der Waals surface area contributed by atoms with Gasteiger partial charge in [-0.25, -0.2) is 4.79 Å². The number of hydrogen-bond donors (Lipinski definition) is 0. The van der Waals surface area contributed by atoms with Gasteiger partial charge >= 0.3 is 5.97 Å². The number of aryl methyl sites for hydroxylation is 1. The first-order valence-electron chi connectivity index (χ1n) is 9.15. The highest BCUT2D eigenvalue weighted by molar-refractivity contribution is 5.92. The Bertz CT molecular complexity index is 1070. The SMILES string of the molecule is CCOC(=O)c1ccc(-c2ccc(OC)c(-c3cccc([N+](=O)[O-])c3)c2)cc1C. The molecule has 0 fully saturated rings. The van der Waals surface area contributed by atoms with Crippen LogP contribution in [0.5, 0.6) is 5.75 Å². The molecule has 0 bridgehead atoms. The number of nitro groups is 1. The summed E-state index contributed by atoms with van der Waals surface area (Å²) in [4.78, 5) is 22.7. The van der Waals surface area contributed by atoms with Crippen LogP contribution in [0.3, 0.4) is 0 Å². The Hall–Kier alpha value is -3.67. The molecule has 0 unspecified atom stereocenters. The number of carbonyl (C=O) groups is 1. The van der Waals surface area contributed by atoms with Crippen molar-refractivity contribution in [2.45, 2.75) is 13.8 Å². The quantitative estimate of drug-likeness (QED) is 0.318. The fourth-order valence-corrected chi connectivity index (χ4v) is 3.18. The van der Waals surface area contributed by atoms with E-state index in [1.165, 1.54) is 12.1 Å². The molecule has 0 aliphatic heterocycles. The van der Waals surface area contributed by atoms with E-state index in [9.17, 15) is 14.9 Å². The summed E-state index contributed by atoms with van der Waals surface area (Å²) in [6.07, 6.45) is 0. The van der Waals surface area contributed by atoms with E-state index < -0.39 is 4.92 Å². The molecule has 0 aliphatic carbocycles. The van der Waals surface area contributed by atoms with E-state index >= 15 is 0 Å². The van der Waals surface area contributed by atoms with Crippen molar-refractivity contribution in [3.05, 3.63) is 81.9 Å². The van der Waals surface area contributed by atoms with E-state index in [0.29, 0.717) is 23.5 Å². The molecule has 6 heteroatoms. The Labute approximate surface area is 168 Å². The molecule has 148 valence electrons. The number of hydrogen-bond acceptors (Lipinski definition) is 5. The molecule has 6 nitrogen and oxygen atoms in total. The van der Waals surface area contributed by atoms with Gasteiger partial charge in [-0.3, -0.25) is 10.1 Å². The molecule has 0 atom stereocenters. The minimum atomic E-state index is -0.419. The fourth-order valence-electron chi connectivity index (χ4n) is 3.18. The second kappa shape index (κ2) is 8.56. The van der Waals surface area contributed by atoms with Crippen molar-refractivity contribution < 1.29 is 19.2 Å². The van der Waals surface area contributed by atoms with Crippen LogP contribution < -0.4 is 4.74 Å². The molecular formula is C23H21NO5. The number of non-ortho nitro benzene ring substituents is 1. The van der Waals surface area contributed by atoms with Crippen LogP contribution in [0.15, 0.2) is 60.7 Å². The third kappa shape index (κ3) is 4.27. The maximum atomic E-state index is 12.0. The highest BCUT2D eigenvalue weighted by Gasteiger charge is 2.14. The second-order valence-electron chi connectivity index (χ2n) is 6.47. The zero-order chi connectivity index (χ0) is 21.0. The van der Waals surface area contributed by atoms with Gasteiger partial charge in [-0.05, 0) is 54.3 Å². The summed E-state index contributed by atoms with van der Waals surface area (Å²) >= 11 is 0. The molecule has 3 rings (SSSR count). The van der Waals surface area contributed by atoms with E-state index in [1.807, 2.05) is 43.3 Å². The summed E-state index contributed by atoms with van der Waals surface area (Å²) in [5.41, 5.74) is 4.63. The minimum absolute atomic E-state index is 0.0181. The predicted octanol–water partition coefficient (Wildman–Crippen LogP) is 5.42. The Kier molecular flexibility index (Phi) is 5.93. The number of rotatable bonds is 6. The molecule has 0 heterocycles. The van der Waals surface area contributed by atoms with Crippen molar-refractivity contribution in [3.8, 4) is 28.0 Å². The third-order valence-corrected chi connectivity index (χ3v) is 4.62. The average molecular weight is 391 g/mol. The predicted molar refractivity (Wildman–Crippen MR) is 111 cm³/mol. The van der Waals surface area contributed by atoms with E-state index in [-0.39, 0.29) is 11.7 Å². The normalized spacial score (nSPS) is 10.4. The van der Waals surface area contributed by atoms with Crippen molar-refractivity contribution in [2.24, 2.45) is 0 Å². The summed E-state index contributed by atoms with van der Waals surface area (Å²) < 4.78 is 10.5. The number of esters is 1. The maximum Gasteiger partial charge on any atom is 0.338 e. The van der Waals surface area contributed by atoms with E-state index in [4.69, 9.17) is 9.47 Å². The average Bonchev–Trinajstić information content (AvgIpc) is 2.73. The molecule has 29 heavy (non-hydrogen) atoms. The van der Waals surface area contributed by atoms with Crippen LogP contribution in [-0.2, 0) is 4.74 Å². The van der Waals surface area contributed by atoms with E-state index in [2.05, 4.69) is 0 Å². The van der Waals surface area contributed by atoms with Crippen LogP contribution in [-0.4, -0.2) is 24.6 Å². The monoisotopic (exact) mass is 391 g/mol. The van der Waals surface area contributed by atoms with Gasteiger partial charge in [0.15, 0.2) is 0 Å². The molecule has 3 aromatic carbocycles. The molecule has 0 aliphatic rings. The Balaban J connectivity index is 2.05. The van der Waals surface area contributed by atoms with Crippen LogP contribution in [0.25, 0.3) is 22.3 Å². The largest absolute Gasteiger partial charge is 0.496 e. The molecule has 0 N–H and O–H groups in total.